The molecule has 0 spiro atoms. The van der Waals surface area contributed by atoms with E-state index in [1.807, 2.05) is 0 Å². The van der Waals surface area contributed by atoms with Gasteiger partial charge in [-0.05, 0) is 28.1 Å². The van der Waals surface area contributed by atoms with Crippen LogP contribution in [-0.2, 0) is 4.79 Å². The minimum Gasteiger partial charge on any atom is -0.323 e. The molecule has 1 rings (SSSR count). The van der Waals surface area contributed by atoms with E-state index < -0.39 is 5.82 Å². The average molecular weight is 281 g/mol. The van der Waals surface area contributed by atoms with Crippen LogP contribution in [0.1, 0.15) is 6.42 Å². The monoisotopic (exact) mass is 279 g/mol. The standard InChI is InChI=1S/C9H8BrClFNO/c10-6-2-1-3-7(12)9(6)13-8(14)4-5-11/h1-3H,4-5H2,(H,13,14). The lowest BCUT2D eigenvalue weighted by molar-refractivity contribution is -0.115. The predicted molar refractivity (Wildman–Crippen MR) is 58.1 cm³/mol. The molecule has 0 aliphatic rings. The van der Waals surface area contributed by atoms with Crippen molar-refractivity contribution in [3.05, 3.63) is 28.5 Å². The van der Waals surface area contributed by atoms with E-state index in [0.29, 0.717) is 4.47 Å². The Morgan fingerprint density at radius 3 is 2.86 bits per heavy atom. The second-order valence-corrected chi connectivity index (χ2v) is 3.82. The Labute approximate surface area is 94.6 Å². The second-order valence-electron chi connectivity index (χ2n) is 2.58. The Bertz CT molecular complexity index is 325. The maximum Gasteiger partial charge on any atom is 0.225 e. The molecule has 1 N–H and O–H groups in total. The summed E-state index contributed by atoms with van der Waals surface area (Å²) >= 11 is 8.51. The lowest BCUT2D eigenvalue weighted by Crippen LogP contribution is -2.13. The van der Waals surface area contributed by atoms with Crippen LogP contribution in [0.3, 0.4) is 0 Å². The van der Waals surface area contributed by atoms with Crippen LogP contribution in [0.2, 0.25) is 0 Å². The number of hydrogen-bond acceptors (Lipinski definition) is 1. The molecule has 5 heteroatoms. The van der Waals surface area contributed by atoms with Gasteiger partial charge in [0, 0.05) is 16.8 Å². The van der Waals surface area contributed by atoms with Gasteiger partial charge in [0.25, 0.3) is 0 Å². The smallest absolute Gasteiger partial charge is 0.225 e. The highest BCUT2D eigenvalue weighted by Crippen LogP contribution is 2.25. The van der Waals surface area contributed by atoms with Gasteiger partial charge in [-0.15, -0.1) is 11.6 Å². The van der Waals surface area contributed by atoms with Crippen LogP contribution in [0.5, 0.6) is 0 Å². The molecule has 0 heterocycles. The SMILES string of the molecule is O=C(CCCl)Nc1c(F)cccc1Br. The Hall–Kier alpha value is -0.610. The molecule has 0 atom stereocenters. The number of alkyl halides is 1. The van der Waals surface area contributed by atoms with Gasteiger partial charge in [-0.2, -0.15) is 0 Å². The first-order valence-electron chi connectivity index (χ1n) is 3.95. The van der Waals surface area contributed by atoms with Gasteiger partial charge in [0.2, 0.25) is 5.91 Å². The van der Waals surface area contributed by atoms with Crippen LogP contribution in [0.25, 0.3) is 0 Å². The van der Waals surface area contributed by atoms with Crippen LogP contribution in [-0.4, -0.2) is 11.8 Å². The van der Waals surface area contributed by atoms with Crippen molar-refractivity contribution in [2.45, 2.75) is 6.42 Å². The van der Waals surface area contributed by atoms with Gasteiger partial charge in [-0.1, -0.05) is 6.07 Å². The number of rotatable bonds is 3. The summed E-state index contributed by atoms with van der Waals surface area (Å²) in [7, 11) is 0. The number of halogens is 3. The number of benzene rings is 1. The van der Waals surface area contributed by atoms with Crippen LogP contribution in [0, 0.1) is 5.82 Å². The molecule has 1 amide bonds. The van der Waals surface area contributed by atoms with Gasteiger partial charge in [0.1, 0.15) is 5.82 Å². The maximum absolute atomic E-state index is 13.2. The molecular formula is C9H8BrClFNO. The summed E-state index contributed by atoms with van der Waals surface area (Å²) in [5.41, 5.74) is 0.155. The van der Waals surface area contributed by atoms with E-state index in [4.69, 9.17) is 11.6 Å². The molecule has 2 nitrogen and oxygen atoms in total. The third-order valence-electron chi connectivity index (χ3n) is 1.55. The highest BCUT2D eigenvalue weighted by atomic mass is 79.9. The molecule has 0 aliphatic heterocycles. The molecule has 0 fully saturated rings. The third-order valence-corrected chi connectivity index (χ3v) is 2.40. The molecule has 1 aromatic rings. The second kappa shape index (κ2) is 5.32. The Kier molecular flexibility index (Phi) is 4.35. The van der Waals surface area contributed by atoms with Gasteiger partial charge < -0.3 is 5.32 Å². The number of para-hydroxylation sites is 1. The molecule has 0 radical (unpaired) electrons. The molecule has 0 saturated carbocycles. The molecule has 0 bridgehead atoms. The zero-order valence-corrected chi connectivity index (χ0v) is 9.53. The zero-order chi connectivity index (χ0) is 10.6. The van der Waals surface area contributed by atoms with Crippen LogP contribution in [0.15, 0.2) is 22.7 Å². The first kappa shape index (κ1) is 11.5. The van der Waals surface area contributed by atoms with Crippen LogP contribution >= 0.6 is 27.5 Å². The number of anilines is 1. The molecule has 76 valence electrons. The summed E-state index contributed by atoms with van der Waals surface area (Å²) in [6, 6.07) is 4.48. The van der Waals surface area contributed by atoms with Gasteiger partial charge in [0.15, 0.2) is 0 Å². The van der Waals surface area contributed by atoms with Gasteiger partial charge >= 0.3 is 0 Å². The van der Waals surface area contributed by atoms with Gasteiger partial charge in [-0.25, -0.2) is 4.39 Å². The summed E-state index contributed by atoms with van der Waals surface area (Å²) in [6.07, 6.45) is 0.169. The summed E-state index contributed by atoms with van der Waals surface area (Å²) in [5.74, 6) is -0.550. The highest BCUT2D eigenvalue weighted by molar-refractivity contribution is 9.10. The van der Waals surface area contributed by atoms with Crippen molar-refractivity contribution in [2.75, 3.05) is 11.2 Å². The molecule has 0 unspecified atom stereocenters. The van der Waals surface area contributed by atoms with E-state index in [-0.39, 0.29) is 23.9 Å². The van der Waals surface area contributed by atoms with Crippen molar-refractivity contribution < 1.29 is 9.18 Å². The molecule has 1 aromatic carbocycles. The average Bonchev–Trinajstić information content (AvgIpc) is 2.12. The Balaban J connectivity index is 2.80. The number of carbonyl (C=O) groups is 1. The van der Waals surface area contributed by atoms with Crippen LogP contribution in [0.4, 0.5) is 10.1 Å². The highest BCUT2D eigenvalue weighted by Gasteiger charge is 2.09. The molecule has 0 aliphatic carbocycles. The number of hydrogen-bond donors (Lipinski definition) is 1. The van der Waals surface area contributed by atoms with E-state index in [1.165, 1.54) is 6.07 Å². The minimum absolute atomic E-state index is 0.155. The normalized spacial score (nSPS) is 9.93. The van der Waals surface area contributed by atoms with Crippen molar-refractivity contribution in [3.8, 4) is 0 Å². The van der Waals surface area contributed by atoms with Crippen molar-refractivity contribution >= 4 is 39.1 Å². The van der Waals surface area contributed by atoms with E-state index in [9.17, 15) is 9.18 Å². The zero-order valence-electron chi connectivity index (χ0n) is 7.19. The summed E-state index contributed by atoms with van der Waals surface area (Å²) in [6.45, 7) is 0. The molecule has 0 saturated heterocycles. The quantitative estimate of drug-likeness (QED) is 0.847. The summed E-state index contributed by atoms with van der Waals surface area (Å²) < 4.78 is 13.7. The van der Waals surface area contributed by atoms with Crippen molar-refractivity contribution in [3.63, 3.8) is 0 Å². The van der Waals surface area contributed by atoms with E-state index in [0.717, 1.165) is 0 Å². The predicted octanol–water partition coefficient (Wildman–Crippen LogP) is 3.16. The lowest BCUT2D eigenvalue weighted by Gasteiger charge is -2.07. The van der Waals surface area contributed by atoms with E-state index in [1.54, 1.807) is 12.1 Å². The molecular weight excluding hydrogens is 272 g/mol. The molecule has 0 aromatic heterocycles. The van der Waals surface area contributed by atoms with Gasteiger partial charge in [0.05, 0.1) is 5.69 Å². The van der Waals surface area contributed by atoms with E-state index in [2.05, 4.69) is 21.2 Å². The van der Waals surface area contributed by atoms with Crippen molar-refractivity contribution in [1.29, 1.82) is 0 Å². The molecule has 14 heavy (non-hydrogen) atoms. The maximum atomic E-state index is 13.2. The topological polar surface area (TPSA) is 29.1 Å². The number of nitrogens with one attached hydrogen (secondary N) is 1. The fourth-order valence-electron chi connectivity index (χ4n) is 0.905. The fraction of sp³-hybridized carbons (Fsp3) is 0.222. The number of amides is 1. The third kappa shape index (κ3) is 2.96. The fourth-order valence-corrected chi connectivity index (χ4v) is 1.52. The van der Waals surface area contributed by atoms with Gasteiger partial charge in [-0.3, -0.25) is 4.79 Å². The Morgan fingerprint density at radius 2 is 2.29 bits per heavy atom. The first-order chi connectivity index (χ1) is 6.65. The first-order valence-corrected chi connectivity index (χ1v) is 5.27. The Morgan fingerprint density at radius 1 is 1.57 bits per heavy atom. The number of carbonyl (C=O) groups excluding carboxylic acids is 1. The largest absolute Gasteiger partial charge is 0.323 e. The summed E-state index contributed by atoms with van der Waals surface area (Å²) in [5, 5.41) is 2.43. The van der Waals surface area contributed by atoms with Crippen molar-refractivity contribution in [1.82, 2.24) is 0 Å². The van der Waals surface area contributed by atoms with Crippen molar-refractivity contribution in [2.24, 2.45) is 0 Å². The minimum atomic E-state index is -0.470. The lowest BCUT2D eigenvalue weighted by atomic mass is 10.3. The van der Waals surface area contributed by atoms with Crippen LogP contribution < -0.4 is 5.32 Å². The summed E-state index contributed by atoms with van der Waals surface area (Å²) in [4.78, 5) is 11.1. The van der Waals surface area contributed by atoms with E-state index >= 15 is 0 Å².